The molecular weight excluding hydrogens is 200 g/mol. The van der Waals surface area contributed by atoms with Crippen LogP contribution in [-0.4, -0.2) is 12.2 Å². The van der Waals surface area contributed by atoms with Crippen LogP contribution in [-0.2, 0) is 6.42 Å². The summed E-state index contributed by atoms with van der Waals surface area (Å²) in [5, 5.41) is 9.46. The quantitative estimate of drug-likeness (QED) is 0.851. The van der Waals surface area contributed by atoms with E-state index in [-0.39, 0.29) is 5.75 Å². The molecule has 2 rings (SSSR count). The van der Waals surface area contributed by atoms with Crippen LogP contribution in [0.4, 0.5) is 0 Å². The van der Waals surface area contributed by atoms with Crippen LogP contribution in [0.15, 0.2) is 48.5 Å². The van der Waals surface area contributed by atoms with Crippen LogP contribution >= 0.6 is 0 Å². The molecule has 0 amide bonds. The van der Waals surface area contributed by atoms with Gasteiger partial charge in [-0.1, -0.05) is 30.3 Å². The van der Waals surface area contributed by atoms with Crippen molar-refractivity contribution in [2.45, 2.75) is 6.42 Å². The number of aromatic hydroxyl groups is 1. The third-order valence-electron chi connectivity index (χ3n) is 2.50. The molecule has 1 N–H and O–H groups in total. The highest BCUT2D eigenvalue weighted by atomic mass is 16.5. The van der Waals surface area contributed by atoms with Crippen molar-refractivity contribution in [3.8, 4) is 11.5 Å². The summed E-state index contributed by atoms with van der Waals surface area (Å²) in [6.45, 7) is 0. The van der Waals surface area contributed by atoms with E-state index in [1.54, 1.807) is 25.3 Å². The molecule has 0 aliphatic carbocycles. The predicted molar refractivity (Wildman–Crippen MR) is 63.9 cm³/mol. The van der Waals surface area contributed by atoms with Gasteiger partial charge in [-0.05, 0) is 23.8 Å². The van der Waals surface area contributed by atoms with Crippen molar-refractivity contribution in [1.82, 2.24) is 0 Å². The Morgan fingerprint density at radius 3 is 2.50 bits per heavy atom. The maximum absolute atomic E-state index is 9.46. The number of methoxy groups -OCH3 is 1. The van der Waals surface area contributed by atoms with E-state index in [1.807, 2.05) is 18.2 Å². The Bertz CT molecular complexity index is 463. The highest BCUT2D eigenvalue weighted by Crippen LogP contribution is 2.25. The minimum absolute atomic E-state index is 0.270. The number of hydrogen-bond donors (Lipinski definition) is 1. The molecule has 0 radical (unpaired) electrons. The molecule has 16 heavy (non-hydrogen) atoms. The lowest BCUT2D eigenvalue weighted by atomic mass is 10.0. The van der Waals surface area contributed by atoms with E-state index in [4.69, 9.17) is 4.74 Å². The van der Waals surface area contributed by atoms with Gasteiger partial charge in [-0.2, -0.15) is 0 Å². The molecule has 0 bridgehead atoms. The molecule has 0 saturated heterocycles. The van der Waals surface area contributed by atoms with E-state index in [2.05, 4.69) is 12.1 Å². The van der Waals surface area contributed by atoms with Gasteiger partial charge in [0.1, 0.15) is 11.5 Å². The Morgan fingerprint density at radius 2 is 1.81 bits per heavy atom. The van der Waals surface area contributed by atoms with Crippen molar-refractivity contribution in [3.63, 3.8) is 0 Å². The molecular formula is C14H14O2. The van der Waals surface area contributed by atoms with Gasteiger partial charge in [0.2, 0.25) is 0 Å². The van der Waals surface area contributed by atoms with E-state index >= 15 is 0 Å². The largest absolute Gasteiger partial charge is 0.508 e. The van der Waals surface area contributed by atoms with Crippen LogP contribution in [0.2, 0.25) is 0 Å². The topological polar surface area (TPSA) is 29.5 Å². The van der Waals surface area contributed by atoms with E-state index in [1.165, 1.54) is 5.56 Å². The van der Waals surface area contributed by atoms with Gasteiger partial charge < -0.3 is 9.84 Å². The third kappa shape index (κ3) is 2.34. The molecule has 0 spiro atoms. The van der Waals surface area contributed by atoms with Gasteiger partial charge in [0.25, 0.3) is 0 Å². The molecule has 2 nitrogen and oxygen atoms in total. The smallest absolute Gasteiger partial charge is 0.122 e. The first-order chi connectivity index (χ1) is 7.79. The summed E-state index contributed by atoms with van der Waals surface area (Å²) in [5.41, 5.74) is 2.19. The Balaban J connectivity index is 2.30. The molecule has 82 valence electrons. The zero-order valence-corrected chi connectivity index (χ0v) is 9.18. The molecule has 0 fully saturated rings. The van der Waals surface area contributed by atoms with Crippen LogP contribution in [0, 0.1) is 0 Å². The zero-order chi connectivity index (χ0) is 11.4. The van der Waals surface area contributed by atoms with Crippen molar-refractivity contribution in [2.75, 3.05) is 7.11 Å². The molecule has 0 aliphatic rings. The predicted octanol–water partition coefficient (Wildman–Crippen LogP) is 2.99. The lowest BCUT2D eigenvalue weighted by Crippen LogP contribution is -1.93. The highest BCUT2D eigenvalue weighted by molar-refractivity contribution is 5.42. The first-order valence-corrected chi connectivity index (χ1v) is 5.19. The zero-order valence-electron chi connectivity index (χ0n) is 9.18. The molecule has 0 unspecified atom stereocenters. The second-order valence-electron chi connectivity index (χ2n) is 3.66. The highest BCUT2D eigenvalue weighted by Gasteiger charge is 2.04. The minimum Gasteiger partial charge on any atom is -0.508 e. The third-order valence-corrected chi connectivity index (χ3v) is 2.50. The molecule has 0 aromatic heterocycles. The van der Waals surface area contributed by atoms with E-state index < -0.39 is 0 Å². The molecule has 0 saturated carbocycles. The fourth-order valence-corrected chi connectivity index (χ4v) is 1.72. The molecule has 2 aromatic rings. The summed E-state index contributed by atoms with van der Waals surface area (Å²) >= 11 is 0. The maximum atomic E-state index is 9.46. The molecule has 0 atom stereocenters. The second kappa shape index (κ2) is 4.71. The summed E-state index contributed by atoms with van der Waals surface area (Å²) in [6, 6.07) is 15.3. The normalized spacial score (nSPS) is 10.1. The average Bonchev–Trinajstić information content (AvgIpc) is 2.31. The van der Waals surface area contributed by atoms with Crippen LogP contribution in [0.5, 0.6) is 11.5 Å². The standard InChI is InChI=1S/C14H14O2/c1-16-14-8-7-13(15)10-12(14)9-11-5-3-2-4-6-11/h2-8,10,15H,9H2,1H3. The Kier molecular flexibility index (Phi) is 3.10. The molecule has 2 aromatic carbocycles. The lowest BCUT2D eigenvalue weighted by Gasteiger charge is -2.08. The monoisotopic (exact) mass is 214 g/mol. The molecule has 2 heteroatoms. The van der Waals surface area contributed by atoms with Gasteiger partial charge in [0, 0.05) is 12.0 Å². The Labute approximate surface area is 95.1 Å². The first-order valence-electron chi connectivity index (χ1n) is 5.19. The van der Waals surface area contributed by atoms with Crippen molar-refractivity contribution in [1.29, 1.82) is 0 Å². The van der Waals surface area contributed by atoms with E-state index in [0.717, 1.165) is 17.7 Å². The summed E-state index contributed by atoms with van der Waals surface area (Å²) in [4.78, 5) is 0. The fraction of sp³-hybridized carbons (Fsp3) is 0.143. The number of phenols is 1. The van der Waals surface area contributed by atoms with Gasteiger partial charge in [0.15, 0.2) is 0 Å². The Hall–Kier alpha value is -1.96. The summed E-state index contributed by atoms with van der Waals surface area (Å²) < 4.78 is 5.26. The van der Waals surface area contributed by atoms with Crippen molar-refractivity contribution >= 4 is 0 Å². The summed E-state index contributed by atoms with van der Waals surface area (Å²) in [5.74, 6) is 1.08. The van der Waals surface area contributed by atoms with Gasteiger partial charge in [-0.25, -0.2) is 0 Å². The maximum Gasteiger partial charge on any atom is 0.122 e. The van der Waals surface area contributed by atoms with Crippen molar-refractivity contribution in [3.05, 3.63) is 59.7 Å². The second-order valence-corrected chi connectivity index (χ2v) is 3.66. The first kappa shape index (κ1) is 10.6. The molecule has 0 heterocycles. The van der Waals surface area contributed by atoms with E-state index in [0.29, 0.717) is 0 Å². The number of hydrogen-bond acceptors (Lipinski definition) is 2. The van der Waals surface area contributed by atoms with Crippen LogP contribution in [0.1, 0.15) is 11.1 Å². The number of phenolic OH excluding ortho intramolecular Hbond substituents is 1. The van der Waals surface area contributed by atoms with Gasteiger partial charge in [-0.15, -0.1) is 0 Å². The summed E-state index contributed by atoms with van der Waals surface area (Å²) in [6.07, 6.45) is 0.762. The van der Waals surface area contributed by atoms with Crippen molar-refractivity contribution in [2.24, 2.45) is 0 Å². The van der Waals surface area contributed by atoms with E-state index in [9.17, 15) is 5.11 Å². The van der Waals surface area contributed by atoms with Gasteiger partial charge in [0.05, 0.1) is 7.11 Å². The van der Waals surface area contributed by atoms with Crippen molar-refractivity contribution < 1.29 is 9.84 Å². The van der Waals surface area contributed by atoms with Gasteiger partial charge >= 0.3 is 0 Å². The fourth-order valence-electron chi connectivity index (χ4n) is 1.72. The number of benzene rings is 2. The lowest BCUT2D eigenvalue weighted by molar-refractivity contribution is 0.407. The van der Waals surface area contributed by atoms with Gasteiger partial charge in [-0.3, -0.25) is 0 Å². The summed E-state index contributed by atoms with van der Waals surface area (Å²) in [7, 11) is 1.64. The van der Waals surface area contributed by atoms with Crippen LogP contribution in [0.25, 0.3) is 0 Å². The van der Waals surface area contributed by atoms with Crippen LogP contribution in [0.3, 0.4) is 0 Å². The number of ether oxygens (including phenoxy) is 1. The Morgan fingerprint density at radius 1 is 1.06 bits per heavy atom. The SMILES string of the molecule is COc1ccc(O)cc1Cc1ccccc1. The molecule has 0 aliphatic heterocycles. The average molecular weight is 214 g/mol. The van der Waals surface area contributed by atoms with Crippen LogP contribution < -0.4 is 4.74 Å². The minimum atomic E-state index is 0.270. The number of rotatable bonds is 3.